The summed E-state index contributed by atoms with van der Waals surface area (Å²) in [4.78, 5) is 74.9. The molecule has 11 N–H and O–H groups in total. The van der Waals surface area contributed by atoms with Gasteiger partial charge in [0.2, 0.25) is 47.4 Å². The molecule has 3 amide bonds. The van der Waals surface area contributed by atoms with E-state index in [0.717, 1.165) is 72.8 Å². The number of pyridine rings is 1. The molecular weight excluding hydrogens is 1610 g/mol. The number of fused-ring (bicyclic) bond motifs is 1. The van der Waals surface area contributed by atoms with Gasteiger partial charge in [0.25, 0.3) is 0 Å². The zero-order chi connectivity index (χ0) is 88.2. The zero-order valence-electron chi connectivity index (χ0n) is 65.6. The molecule has 1 saturated heterocycles. The summed E-state index contributed by atoms with van der Waals surface area (Å²) in [7, 11) is 1.53. The lowest BCUT2D eigenvalue weighted by atomic mass is 10.0. The van der Waals surface area contributed by atoms with Crippen molar-refractivity contribution in [2.75, 3.05) is 74.7 Å². The summed E-state index contributed by atoms with van der Waals surface area (Å²) in [5, 5.41) is 63.5. The molecule has 0 radical (unpaired) electrons. The summed E-state index contributed by atoms with van der Waals surface area (Å²) in [5.74, 6) is -1.91. The number of aliphatic hydroxyl groups is 2. The first-order chi connectivity index (χ1) is 59.7. The SMILES string of the molecule is C=C(C#N)C(O)c1ccc(Nc2nc(Nc3ccccc3)ncc2F)cc1.C=C(C#N)C(O)c1cccc(Nc2nc(Nc3cccc(OC(F)(F)F)c3)ncc2F)c1.C=CC(=O)N1Cc2ccc(Nc3nc(Nc4ccc(OC)nc4)ncc3F)cc2C1.C=CC(=O)Nc1cccc(Nc2nc(Nc3cccc(OCCN4CCCC4=O)c3)ncc2F)c1. The molecule has 0 bridgehead atoms. The predicted molar refractivity (Wildman–Crippen MR) is 451 cm³/mol. The average Bonchev–Trinajstić information content (AvgIpc) is 1.60. The lowest BCUT2D eigenvalue weighted by Crippen LogP contribution is -2.29. The minimum Gasteiger partial charge on any atom is -0.492 e. The molecule has 2 aliphatic rings. The number of carbonyl (C=O) groups is 3. The standard InChI is InChI=1S/C25H25FN6O3.C21H15F4N5O2.C21H19FN6O2.C20H16FN5O/c1-2-22(33)28-17-6-3-7-18(14-17)29-24-21(26)16-27-25(31-24)30-19-8-4-9-20(15-19)35-13-12-32-11-5-10-23(32)34;1-12(10-26)18(31)13-4-2-5-14(8-13)28-19-17(22)11-27-20(30-19)29-15-6-3-7-16(9-15)32-21(23,24)25;1-3-19(29)28-11-13-4-5-15(8-14(13)12-28)25-20-17(22)10-24-21(27-20)26-16-6-7-18(30-2)23-9-16;1-13(11-22)18(27)14-7-9-16(10-8-14)24-19-17(21)12-23-20(26-19)25-15-5-3-2-4-6-15/h2-4,6-9,14-16H,1,5,10-13H2,(H,28,33)(H2,27,29,30,31);2-9,11,18,31H,1H2,(H2,27,28,29,30);3-10H,1,11-12H2,2H3,(H2,24,25,26,27);2-10,12,18,27H,1H2,(H2,23,24,25,26). The molecular formula is C87H75F7N22O8. The number of rotatable bonds is 29. The van der Waals surface area contributed by atoms with Gasteiger partial charge in [-0.3, -0.25) is 14.4 Å². The molecule has 0 spiro atoms. The average molecular weight is 1690 g/mol. The molecule has 7 aromatic carbocycles. The minimum absolute atomic E-state index is 0.0122. The molecule has 0 aliphatic carbocycles. The number of aromatic nitrogens is 9. The number of methoxy groups -OCH3 is 1. The van der Waals surface area contributed by atoms with Crippen molar-refractivity contribution < 1.29 is 69.5 Å². The summed E-state index contributed by atoms with van der Waals surface area (Å²) >= 11 is 0. The van der Waals surface area contributed by atoms with Gasteiger partial charge < -0.3 is 82.1 Å². The number of hydrogen-bond acceptors (Lipinski definition) is 27. The van der Waals surface area contributed by atoms with Crippen LogP contribution < -0.4 is 62.1 Å². The highest BCUT2D eigenvalue weighted by atomic mass is 19.4. The van der Waals surface area contributed by atoms with Crippen LogP contribution in [0.25, 0.3) is 0 Å². The van der Waals surface area contributed by atoms with Crippen LogP contribution in [-0.4, -0.2) is 116 Å². The molecule has 2 aliphatic heterocycles. The maximum absolute atomic E-state index is 14.4. The quantitative estimate of drug-likeness (QED) is 0.0118. The molecule has 14 rings (SSSR count). The van der Waals surface area contributed by atoms with Gasteiger partial charge in [0.1, 0.15) is 30.3 Å². The van der Waals surface area contributed by atoms with Crippen LogP contribution >= 0.6 is 0 Å². The highest BCUT2D eigenvalue weighted by Crippen LogP contribution is 2.34. The molecule has 124 heavy (non-hydrogen) atoms. The number of anilines is 17. The summed E-state index contributed by atoms with van der Waals surface area (Å²) in [6.45, 7) is 16.6. The normalized spacial score (nSPS) is 12.1. The van der Waals surface area contributed by atoms with Gasteiger partial charge in [-0.15, -0.1) is 13.2 Å². The molecule has 5 aromatic heterocycles. The Morgan fingerprint density at radius 1 is 0.508 bits per heavy atom. The highest BCUT2D eigenvalue weighted by Gasteiger charge is 2.31. The van der Waals surface area contributed by atoms with Gasteiger partial charge in [-0.1, -0.05) is 93.0 Å². The van der Waals surface area contributed by atoms with Gasteiger partial charge in [-0.2, -0.15) is 30.5 Å². The van der Waals surface area contributed by atoms with Gasteiger partial charge in [0.15, 0.2) is 46.5 Å². The third-order valence-corrected chi connectivity index (χ3v) is 17.6. The first-order valence-corrected chi connectivity index (χ1v) is 37.2. The second-order valence-electron chi connectivity index (χ2n) is 26.4. The van der Waals surface area contributed by atoms with Crippen LogP contribution in [0.2, 0.25) is 0 Å². The number of hydrogen-bond donors (Lipinski definition) is 11. The second-order valence-corrected chi connectivity index (χ2v) is 26.4. The number of halogens is 7. The maximum Gasteiger partial charge on any atom is 0.573 e. The largest absolute Gasteiger partial charge is 0.573 e. The Kier molecular flexibility index (Phi) is 30.2. The van der Waals surface area contributed by atoms with Crippen LogP contribution in [0.15, 0.2) is 263 Å². The Labute approximate surface area is 704 Å². The number of nitrogens with one attached hydrogen (secondary N) is 9. The first-order valence-electron chi connectivity index (χ1n) is 37.2. The molecule has 630 valence electrons. The zero-order valence-corrected chi connectivity index (χ0v) is 65.6. The maximum atomic E-state index is 14.4. The molecule has 30 nitrogen and oxygen atoms in total. The van der Waals surface area contributed by atoms with Gasteiger partial charge in [-0.05, 0) is 138 Å². The predicted octanol–water partition coefficient (Wildman–Crippen LogP) is 17.1. The van der Waals surface area contributed by atoms with Crippen LogP contribution in [0, 0.1) is 45.9 Å². The summed E-state index contributed by atoms with van der Waals surface area (Å²) in [5.41, 5.74) is 7.82. The lowest BCUT2D eigenvalue weighted by Gasteiger charge is -2.16. The number of ether oxygens (including phenoxy) is 3. The van der Waals surface area contributed by atoms with Crippen molar-refractivity contribution in [3.63, 3.8) is 0 Å². The first kappa shape index (κ1) is 88.4. The Hall–Kier alpha value is -16.4. The van der Waals surface area contributed by atoms with E-state index in [1.54, 1.807) is 107 Å². The third-order valence-electron chi connectivity index (χ3n) is 17.6. The van der Waals surface area contributed by atoms with Gasteiger partial charge in [-0.25, -0.2) is 42.5 Å². The van der Waals surface area contributed by atoms with E-state index >= 15 is 0 Å². The van der Waals surface area contributed by atoms with Gasteiger partial charge >= 0.3 is 6.36 Å². The van der Waals surface area contributed by atoms with E-state index in [1.165, 1.54) is 31.4 Å². The van der Waals surface area contributed by atoms with E-state index in [1.807, 2.05) is 72.8 Å². The smallest absolute Gasteiger partial charge is 0.492 e. The monoisotopic (exact) mass is 1690 g/mol. The molecule has 7 heterocycles. The van der Waals surface area contributed by atoms with Gasteiger partial charge in [0, 0.05) is 89.8 Å². The fraction of sp³-hybridized carbons (Fsp3) is 0.126. The number of para-hydroxylation sites is 1. The number of benzene rings is 7. The summed E-state index contributed by atoms with van der Waals surface area (Å²) < 4.78 is 109. The molecule has 12 aromatic rings. The number of carbonyl (C=O) groups excluding carboxylic acids is 3. The van der Waals surface area contributed by atoms with E-state index in [9.17, 15) is 55.3 Å². The van der Waals surface area contributed by atoms with Crippen LogP contribution in [-0.2, 0) is 27.5 Å². The van der Waals surface area contributed by atoms with Crippen molar-refractivity contribution in [3.8, 4) is 29.5 Å². The number of nitriles is 2. The number of alkyl halides is 3. The van der Waals surface area contributed by atoms with Crippen molar-refractivity contribution >= 4 is 116 Å². The van der Waals surface area contributed by atoms with Crippen LogP contribution in [0.4, 0.5) is 129 Å². The molecule has 37 heteroatoms. The number of amides is 3. The fourth-order valence-electron chi connectivity index (χ4n) is 11.6. The van der Waals surface area contributed by atoms with Crippen molar-refractivity contribution in [3.05, 3.63) is 308 Å². The van der Waals surface area contributed by atoms with Crippen molar-refractivity contribution in [2.45, 2.75) is 44.5 Å². The number of aliphatic hydroxyl groups excluding tert-OH is 2. The van der Waals surface area contributed by atoms with E-state index in [2.05, 4.69) is 124 Å². The second kappa shape index (κ2) is 42.3. The third kappa shape index (κ3) is 25.8. The summed E-state index contributed by atoms with van der Waals surface area (Å²) in [6, 6.07) is 53.7. The van der Waals surface area contributed by atoms with Crippen LogP contribution in [0.5, 0.6) is 17.4 Å². The van der Waals surface area contributed by atoms with Crippen LogP contribution in [0.1, 0.15) is 47.3 Å². The number of likely N-dealkylation sites (tertiary alicyclic amines) is 1. The fourth-order valence-corrected chi connectivity index (χ4v) is 11.6. The molecule has 2 unspecified atom stereocenters. The summed E-state index contributed by atoms with van der Waals surface area (Å²) in [6.07, 6.45) is 2.50. The van der Waals surface area contributed by atoms with E-state index in [4.69, 9.17) is 20.0 Å². The van der Waals surface area contributed by atoms with Crippen molar-refractivity contribution in [2.24, 2.45) is 0 Å². The Bertz CT molecular complexity index is 5930. The van der Waals surface area contributed by atoms with E-state index in [-0.39, 0.29) is 81.6 Å². The van der Waals surface area contributed by atoms with Crippen LogP contribution in [0.3, 0.4) is 0 Å². The Balaban J connectivity index is 0.000000162. The van der Waals surface area contributed by atoms with Crippen molar-refractivity contribution in [1.29, 1.82) is 10.5 Å². The molecule has 1 fully saturated rings. The molecule has 0 saturated carbocycles. The van der Waals surface area contributed by atoms with Crippen molar-refractivity contribution in [1.82, 2.24) is 54.7 Å². The lowest BCUT2D eigenvalue weighted by molar-refractivity contribution is -0.274. The Morgan fingerprint density at radius 2 is 0.960 bits per heavy atom. The minimum atomic E-state index is -4.84. The topological polar surface area (TPSA) is 398 Å². The van der Waals surface area contributed by atoms with E-state index in [0.29, 0.717) is 95.2 Å². The van der Waals surface area contributed by atoms with E-state index < -0.39 is 47.6 Å². The number of nitrogens with zero attached hydrogens (tertiary/aromatic N) is 13. The highest BCUT2D eigenvalue weighted by molar-refractivity contribution is 5.99. The van der Waals surface area contributed by atoms with Gasteiger partial charge in [0.05, 0.1) is 73.6 Å². The molecule has 2 atom stereocenters. The Morgan fingerprint density at radius 3 is 1.48 bits per heavy atom.